The van der Waals surface area contributed by atoms with Crippen LogP contribution in [0.1, 0.15) is 28.5 Å². The van der Waals surface area contributed by atoms with Crippen LogP contribution in [0.25, 0.3) is 10.9 Å². The van der Waals surface area contributed by atoms with Gasteiger partial charge in [-0.3, -0.25) is 4.98 Å². The summed E-state index contributed by atoms with van der Waals surface area (Å²) >= 11 is 6.87. The summed E-state index contributed by atoms with van der Waals surface area (Å²) in [4.78, 5) is 4.92. The van der Waals surface area contributed by atoms with Gasteiger partial charge < -0.3 is 9.47 Å². The van der Waals surface area contributed by atoms with E-state index in [1.165, 1.54) is 11.1 Å². The second-order valence-electron chi connectivity index (χ2n) is 6.67. The highest BCUT2D eigenvalue weighted by molar-refractivity contribution is 6.36. The summed E-state index contributed by atoms with van der Waals surface area (Å²) in [6, 6.07) is 16.5. The molecule has 1 aliphatic carbocycles. The molecule has 0 spiro atoms. The summed E-state index contributed by atoms with van der Waals surface area (Å²) in [6.07, 6.45) is 1.84. The first-order chi connectivity index (χ1) is 12.3. The van der Waals surface area contributed by atoms with Crippen molar-refractivity contribution in [1.29, 1.82) is 0 Å². The van der Waals surface area contributed by atoms with E-state index in [1.807, 2.05) is 24.3 Å². The van der Waals surface area contributed by atoms with E-state index < -0.39 is 0 Å². The molecular formula is C21H18ClNO2. The number of benzene rings is 2. The average molecular weight is 352 g/mol. The van der Waals surface area contributed by atoms with Crippen molar-refractivity contribution < 1.29 is 9.47 Å². The molecule has 0 amide bonds. The van der Waals surface area contributed by atoms with Gasteiger partial charge in [-0.1, -0.05) is 54.1 Å². The molecular weight excluding hydrogens is 334 g/mol. The van der Waals surface area contributed by atoms with Crippen LogP contribution in [-0.2, 0) is 22.3 Å². The van der Waals surface area contributed by atoms with Gasteiger partial charge in [-0.15, -0.1) is 0 Å². The van der Waals surface area contributed by atoms with Gasteiger partial charge in [0, 0.05) is 16.6 Å². The van der Waals surface area contributed by atoms with Crippen molar-refractivity contribution in [2.24, 2.45) is 0 Å². The van der Waals surface area contributed by atoms with Crippen molar-refractivity contribution in [3.8, 4) is 0 Å². The highest BCUT2D eigenvalue weighted by Crippen LogP contribution is 2.41. The molecule has 1 aromatic heterocycles. The Morgan fingerprint density at radius 1 is 1.08 bits per heavy atom. The maximum Gasteiger partial charge on any atom is 0.111 e. The number of fused-ring (bicyclic) bond motifs is 3. The number of epoxide rings is 1. The standard InChI is InChI=1S/C21H18ClNO2/c22-20-16-7-3-4-8-17(16)23-18-10-9-13-5-1-2-6-15(13)21(19(18)20)25-12-14-11-24-14/h1-8,14,21H,9-12H2. The highest BCUT2D eigenvalue weighted by atomic mass is 35.5. The minimum Gasteiger partial charge on any atom is -0.371 e. The smallest absolute Gasteiger partial charge is 0.111 e. The molecule has 3 aromatic rings. The molecule has 0 radical (unpaired) electrons. The number of pyridine rings is 1. The predicted octanol–water partition coefficient (Wildman–Crippen LogP) is 4.49. The second-order valence-corrected chi connectivity index (χ2v) is 7.05. The summed E-state index contributed by atoms with van der Waals surface area (Å²) in [5.74, 6) is 0. The quantitative estimate of drug-likeness (QED) is 0.652. The Balaban J connectivity index is 1.71. The zero-order valence-electron chi connectivity index (χ0n) is 13.7. The molecule has 3 nitrogen and oxygen atoms in total. The molecule has 0 N–H and O–H groups in total. The van der Waals surface area contributed by atoms with Gasteiger partial charge in [-0.2, -0.15) is 0 Å². The molecule has 5 rings (SSSR count). The summed E-state index contributed by atoms with van der Waals surface area (Å²) < 4.78 is 11.7. The average Bonchev–Trinajstić information content (AvgIpc) is 3.47. The van der Waals surface area contributed by atoms with Crippen molar-refractivity contribution >= 4 is 22.5 Å². The second kappa shape index (κ2) is 6.10. The first-order valence-electron chi connectivity index (χ1n) is 8.69. The monoisotopic (exact) mass is 351 g/mol. The minimum atomic E-state index is -0.192. The summed E-state index contributed by atoms with van der Waals surface area (Å²) in [7, 11) is 0. The third kappa shape index (κ3) is 2.73. The fourth-order valence-electron chi connectivity index (χ4n) is 3.66. The van der Waals surface area contributed by atoms with Crippen LogP contribution >= 0.6 is 11.6 Å². The van der Waals surface area contributed by atoms with Crippen LogP contribution in [0.3, 0.4) is 0 Å². The van der Waals surface area contributed by atoms with Crippen LogP contribution in [0.15, 0.2) is 48.5 Å². The van der Waals surface area contributed by atoms with E-state index in [0.29, 0.717) is 6.61 Å². The first-order valence-corrected chi connectivity index (χ1v) is 9.07. The number of ether oxygens (including phenoxy) is 2. The number of hydrogen-bond acceptors (Lipinski definition) is 3. The van der Waals surface area contributed by atoms with Gasteiger partial charge in [0.1, 0.15) is 12.2 Å². The number of halogens is 1. The number of aryl methyl sites for hydroxylation is 2. The van der Waals surface area contributed by atoms with Crippen LogP contribution in [0.2, 0.25) is 5.02 Å². The lowest BCUT2D eigenvalue weighted by Gasteiger charge is -2.22. The Hall–Kier alpha value is -1.94. The van der Waals surface area contributed by atoms with E-state index in [9.17, 15) is 0 Å². The van der Waals surface area contributed by atoms with Crippen LogP contribution in [0.5, 0.6) is 0 Å². The lowest BCUT2D eigenvalue weighted by Crippen LogP contribution is -2.13. The van der Waals surface area contributed by atoms with Crippen LogP contribution in [0.4, 0.5) is 0 Å². The van der Waals surface area contributed by atoms with E-state index in [-0.39, 0.29) is 12.2 Å². The summed E-state index contributed by atoms with van der Waals surface area (Å²) in [5, 5.41) is 1.75. The Morgan fingerprint density at radius 2 is 1.88 bits per heavy atom. The van der Waals surface area contributed by atoms with Gasteiger partial charge in [-0.05, 0) is 30.0 Å². The SMILES string of the molecule is Clc1c2c(nc3ccccc13)CCc1ccccc1C2OCC1CO1. The molecule has 4 heteroatoms. The van der Waals surface area contributed by atoms with Gasteiger partial charge >= 0.3 is 0 Å². The molecule has 1 saturated heterocycles. The molecule has 0 saturated carbocycles. The topological polar surface area (TPSA) is 34.6 Å². The lowest BCUT2D eigenvalue weighted by atomic mass is 9.97. The number of aromatic nitrogens is 1. The molecule has 2 aromatic carbocycles. The normalized spacial score (nSPS) is 21.5. The van der Waals surface area contributed by atoms with Crippen LogP contribution in [-0.4, -0.2) is 24.3 Å². The Labute approximate surface area is 151 Å². The first kappa shape index (κ1) is 15.3. The number of rotatable bonds is 3. The van der Waals surface area contributed by atoms with Gasteiger partial charge in [0.15, 0.2) is 0 Å². The Morgan fingerprint density at radius 3 is 2.76 bits per heavy atom. The maximum atomic E-state index is 6.87. The largest absolute Gasteiger partial charge is 0.371 e. The fourth-order valence-corrected chi connectivity index (χ4v) is 4.03. The third-order valence-corrected chi connectivity index (χ3v) is 5.43. The van der Waals surface area contributed by atoms with Crippen molar-refractivity contribution in [1.82, 2.24) is 4.98 Å². The fraction of sp³-hybridized carbons (Fsp3) is 0.286. The van der Waals surface area contributed by atoms with E-state index in [0.717, 1.165) is 46.6 Å². The van der Waals surface area contributed by atoms with E-state index in [1.54, 1.807) is 0 Å². The molecule has 25 heavy (non-hydrogen) atoms. The van der Waals surface area contributed by atoms with Crippen molar-refractivity contribution in [3.05, 3.63) is 75.9 Å². The molecule has 2 aliphatic rings. The van der Waals surface area contributed by atoms with Crippen molar-refractivity contribution in [2.45, 2.75) is 25.0 Å². The molecule has 2 heterocycles. The number of para-hydroxylation sites is 1. The molecule has 2 atom stereocenters. The van der Waals surface area contributed by atoms with E-state index in [2.05, 4.69) is 24.3 Å². The van der Waals surface area contributed by atoms with Gasteiger partial charge in [0.25, 0.3) is 0 Å². The Bertz CT molecular complexity index is 952. The molecule has 0 bridgehead atoms. The zero-order chi connectivity index (χ0) is 16.8. The number of hydrogen-bond donors (Lipinski definition) is 0. The zero-order valence-corrected chi connectivity index (χ0v) is 14.5. The number of nitrogens with zero attached hydrogens (tertiary/aromatic N) is 1. The van der Waals surface area contributed by atoms with E-state index in [4.69, 9.17) is 26.1 Å². The Kier molecular flexibility index (Phi) is 3.74. The van der Waals surface area contributed by atoms with Crippen LogP contribution in [0, 0.1) is 0 Å². The predicted molar refractivity (Wildman–Crippen MR) is 98.1 cm³/mol. The van der Waals surface area contributed by atoms with Gasteiger partial charge in [0.2, 0.25) is 0 Å². The maximum absolute atomic E-state index is 6.87. The third-order valence-electron chi connectivity index (χ3n) is 5.03. The molecule has 126 valence electrons. The lowest BCUT2D eigenvalue weighted by molar-refractivity contribution is 0.0668. The van der Waals surface area contributed by atoms with Crippen molar-refractivity contribution in [2.75, 3.05) is 13.2 Å². The molecule has 1 fully saturated rings. The minimum absolute atomic E-state index is 0.192. The van der Waals surface area contributed by atoms with Gasteiger partial charge in [-0.25, -0.2) is 0 Å². The van der Waals surface area contributed by atoms with Crippen LogP contribution < -0.4 is 0 Å². The van der Waals surface area contributed by atoms with Gasteiger partial charge in [0.05, 0.1) is 23.8 Å². The molecule has 1 aliphatic heterocycles. The summed E-state index contributed by atoms with van der Waals surface area (Å²) in [6.45, 7) is 1.37. The summed E-state index contributed by atoms with van der Waals surface area (Å²) in [5.41, 5.74) is 5.51. The van der Waals surface area contributed by atoms with E-state index >= 15 is 0 Å². The molecule has 2 unspecified atom stereocenters. The van der Waals surface area contributed by atoms with Crippen molar-refractivity contribution in [3.63, 3.8) is 0 Å². The highest BCUT2D eigenvalue weighted by Gasteiger charge is 2.31.